The molecule has 0 atom stereocenters. The maximum absolute atomic E-state index is 13.0. The van der Waals surface area contributed by atoms with Crippen LogP contribution < -0.4 is 9.47 Å². The number of para-hydroxylation sites is 1. The van der Waals surface area contributed by atoms with E-state index in [9.17, 15) is 4.79 Å². The fourth-order valence-corrected chi connectivity index (χ4v) is 4.54. The Bertz CT molecular complexity index is 1160. The summed E-state index contributed by atoms with van der Waals surface area (Å²) >= 11 is 12.7. The molecular weight excluding hydrogens is 462 g/mol. The predicted octanol–water partition coefficient (Wildman–Crippen LogP) is 6.33. The second-order valence-corrected chi connectivity index (χ2v) is 9.18. The normalized spacial score (nSPS) is 14.8. The van der Waals surface area contributed by atoms with Crippen molar-refractivity contribution < 1.29 is 14.3 Å². The van der Waals surface area contributed by atoms with Gasteiger partial charge in [-0.25, -0.2) is 0 Å². The summed E-state index contributed by atoms with van der Waals surface area (Å²) in [4.78, 5) is 15.2. The number of rotatable bonds is 7. The molecule has 162 valence electrons. The molecule has 4 rings (SSSR count). The van der Waals surface area contributed by atoms with E-state index in [0.717, 1.165) is 22.4 Å². The van der Waals surface area contributed by atoms with Gasteiger partial charge in [0.05, 0.1) is 18.6 Å². The van der Waals surface area contributed by atoms with E-state index in [0.29, 0.717) is 33.1 Å². The largest absolute Gasteiger partial charge is 0.497 e. The van der Waals surface area contributed by atoms with Gasteiger partial charge in [0.25, 0.3) is 5.91 Å². The first kappa shape index (κ1) is 22.4. The summed E-state index contributed by atoms with van der Waals surface area (Å²) in [6.45, 7) is 0.821. The minimum absolute atomic E-state index is 0.108. The van der Waals surface area contributed by atoms with Crippen LogP contribution in [0.25, 0.3) is 6.08 Å². The van der Waals surface area contributed by atoms with Crippen molar-refractivity contribution in [1.82, 2.24) is 4.90 Å². The number of hydrogen-bond donors (Lipinski definition) is 0. The zero-order valence-electron chi connectivity index (χ0n) is 17.3. The van der Waals surface area contributed by atoms with Gasteiger partial charge in [-0.1, -0.05) is 78.0 Å². The summed E-state index contributed by atoms with van der Waals surface area (Å²) in [6, 6.07) is 22.8. The average Bonchev–Trinajstić information content (AvgIpc) is 3.07. The molecule has 0 saturated carbocycles. The lowest BCUT2D eigenvalue weighted by atomic mass is 10.1. The van der Waals surface area contributed by atoms with Crippen LogP contribution in [0.5, 0.6) is 11.5 Å². The van der Waals surface area contributed by atoms with E-state index in [-0.39, 0.29) is 5.91 Å². The molecule has 1 aliphatic heterocycles. The number of carbonyl (C=O) groups is 1. The van der Waals surface area contributed by atoms with E-state index < -0.39 is 0 Å². The first-order valence-electron chi connectivity index (χ1n) is 9.88. The zero-order valence-corrected chi connectivity index (χ0v) is 19.7. The smallest absolute Gasteiger partial charge is 0.266 e. The fraction of sp³-hybridized carbons (Fsp3) is 0.120. The van der Waals surface area contributed by atoms with Gasteiger partial charge in [-0.2, -0.15) is 0 Å². The number of thiocarbonyl (C=S) groups is 1. The van der Waals surface area contributed by atoms with Crippen molar-refractivity contribution in [2.75, 3.05) is 7.11 Å². The van der Waals surface area contributed by atoms with Crippen LogP contribution in [0.4, 0.5) is 0 Å². The third-order valence-corrected chi connectivity index (χ3v) is 6.52. The Balaban J connectivity index is 1.49. The Morgan fingerprint density at radius 1 is 1.00 bits per heavy atom. The van der Waals surface area contributed by atoms with Gasteiger partial charge in [0.15, 0.2) is 0 Å². The quantitative estimate of drug-likeness (QED) is 0.291. The van der Waals surface area contributed by atoms with Gasteiger partial charge in [-0.3, -0.25) is 9.69 Å². The summed E-state index contributed by atoms with van der Waals surface area (Å²) in [5.74, 6) is 1.36. The van der Waals surface area contributed by atoms with Crippen LogP contribution in [0, 0.1) is 0 Å². The molecular formula is C25H20ClNO3S2. The molecule has 7 heteroatoms. The lowest BCUT2D eigenvalue weighted by molar-refractivity contribution is -0.122. The van der Waals surface area contributed by atoms with Gasteiger partial charge in [-0.05, 0) is 47.5 Å². The second kappa shape index (κ2) is 10.2. The number of amides is 1. The van der Waals surface area contributed by atoms with Crippen molar-refractivity contribution in [3.8, 4) is 11.5 Å². The second-order valence-electron chi connectivity index (χ2n) is 7.07. The molecule has 1 heterocycles. The predicted molar refractivity (Wildman–Crippen MR) is 134 cm³/mol. The average molecular weight is 482 g/mol. The van der Waals surface area contributed by atoms with Gasteiger partial charge < -0.3 is 9.47 Å². The summed E-state index contributed by atoms with van der Waals surface area (Å²) in [5.41, 5.74) is 2.82. The van der Waals surface area contributed by atoms with Gasteiger partial charge >= 0.3 is 0 Å². The molecule has 32 heavy (non-hydrogen) atoms. The van der Waals surface area contributed by atoms with Crippen LogP contribution in [-0.2, 0) is 17.9 Å². The number of thioether (sulfide) groups is 1. The highest BCUT2D eigenvalue weighted by molar-refractivity contribution is 8.26. The summed E-state index contributed by atoms with van der Waals surface area (Å²) in [6.07, 6.45) is 1.84. The van der Waals surface area contributed by atoms with Crippen molar-refractivity contribution >= 4 is 51.9 Å². The summed E-state index contributed by atoms with van der Waals surface area (Å²) in [7, 11) is 1.62. The topological polar surface area (TPSA) is 38.8 Å². The SMILES string of the molecule is COc1ccc(CN2C(=O)C(=Cc3ccccc3OCc3ccc(Cl)cc3)SC2=S)cc1. The number of benzene rings is 3. The third kappa shape index (κ3) is 5.33. The Kier molecular flexibility index (Phi) is 7.15. The van der Waals surface area contributed by atoms with Gasteiger partial charge in [0.2, 0.25) is 0 Å². The molecule has 1 fully saturated rings. The van der Waals surface area contributed by atoms with E-state index in [2.05, 4.69) is 0 Å². The Labute approximate surface area is 201 Å². The summed E-state index contributed by atoms with van der Waals surface area (Å²) in [5, 5.41) is 0.686. The monoisotopic (exact) mass is 481 g/mol. The van der Waals surface area contributed by atoms with Crippen LogP contribution in [0.15, 0.2) is 77.7 Å². The third-order valence-electron chi connectivity index (χ3n) is 4.89. The van der Waals surface area contributed by atoms with Crippen molar-refractivity contribution in [2.24, 2.45) is 0 Å². The van der Waals surface area contributed by atoms with E-state index in [4.69, 9.17) is 33.3 Å². The van der Waals surface area contributed by atoms with Crippen molar-refractivity contribution in [3.63, 3.8) is 0 Å². The number of nitrogens with zero attached hydrogens (tertiary/aromatic N) is 1. The first-order valence-corrected chi connectivity index (χ1v) is 11.5. The maximum atomic E-state index is 13.0. The molecule has 0 radical (unpaired) electrons. The molecule has 3 aromatic carbocycles. The first-order chi connectivity index (χ1) is 15.5. The van der Waals surface area contributed by atoms with E-state index in [1.54, 1.807) is 12.0 Å². The van der Waals surface area contributed by atoms with Gasteiger partial charge in [0, 0.05) is 10.6 Å². The Morgan fingerprint density at radius 2 is 1.69 bits per heavy atom. The van der Waals surface area contributed by atoms with Crippen LogP contribution >= 0.6 is 35.6 Å². The lowest BCUT2D eigenvalue weighted by Gasteiger charge is -2.14. The van der Waals surface area contributed by atoms with Gasteiger partial charge in [0.1, 0.15) is 22.4 Å². The van der Waals surface area contributed by atoms with E-state index in [1.165, 1.54) is 11.8 Å². The van der Waals surface area contributed by atoms with E-state index >= 15 is 0 Å². The molecule has 0 unspecified atom stereocenters. The molecule has 0 aliphatic carbocycles. The molecule has 1 amide bonds. The molecule has 0 N–H and O–H groups in total. The Morgan fingerprint density at radius 3 is 2.41 bits per heavy atom. The number of methoxy groups -OCH3 is 1. The van der Waals surface area contributed by atoms with Crippen LogP contribution in [0.1, 0.15) is 16.7 Å². The highest BCUT2D eigenvalue weighted by Crippen LogP contribution is 2.35. The standard InChI is InChI=1S/C25H20ClNO3S2/c1-29-21-12-8-17(9-13-21)15-27-24(28)23(32-25(27)31)14-19-4-2-3-5-22(19)30-16-18-6-10-20(26)11-7-18/h2-14H,15-16H2,1H3. The minimum atomic E-state index is -0.108. The molecule has 1 aliphatic rings. The molecule has 4 nitrogen and oxygen atoms in total. The zero-order chi connectivity index (χ0) is 22.5. The van der Waals surface area contributed by atoms with Crippen molar-refractivity contribution in [1.29, 1.82) is 0 Å². The summed E-state index contributed by atoms with van der Waals surface area (Å²) < 4.78 is 11.7. The Hall–Kier alpha value is -2.80. The van der Waals surface area contributed by atoms with Crippen molar-refractivity contribution in [3.05, 3.63) is 99.4 Å². The van der Waals surface area contributed by atoms with E-state index in [1.807, 2.05) is 78.9 Å². The molecule has 1 saturated heterocycles. The molecule has 0 spiro atoms. The molecule has 0 aromatic heterocycles. The number of hydrogen-bond acceptors (Lipinski definition) is 5. The molecule has 3 aromatic rings. The maximum Gasteiger partial charge on any atom is 0.266 e. The highest BCUT2D eigenvalue weighted by Gasteiger charge is 2.32. The van der Waals surface area contributed by atoms with Crippen LogP contribution in [0.3, 0.4) is 0 Å². The van der Waals surface area contributed by atoms with Crippen LogP contribution in [-0.4, -0.2) is 22.2 Å². The lowest BCUT2D eigenvalue weighted by Crippen LogP contribution is -2.27. The number of halogens is 1. The number of ether oxygens (including phenoxy) is 2. The van der Waals surface area contributed by atoms with Crippen molar-refractivity contribution in [2.45, 2.75) is 13.2 Å². The molecule has 0 bridgehead atoms. The minimum Gasteiger partial charge on any atom is -0.497 e. The van der Waals surface area contributed by atoms with Crippen LogP contribution in [0.2, 0.25) is 5.02 Å². The number of carbonyl (C=O) groups excluding carboxylic acids is 1. The highest BCUT2D eigenvalue weighted by atomic mass is 35.5. The fourth-order valence-electron chi connectivity index (χ4n) is 3.16. The van der Waals surface area contributed by atoms with Gasteiger partial charge in [-0.15, -0.1) is 0 Å².